The zero-order chi connectivity index (χ0) is 13.9. The van der Waals surface area contributed by atoms with Crippen molar-refractivity contribution in [2.24, 2.45) is 0 Å². The zero-order valence-corrected chi connectivity index (χ0v) is 11.1. The van der Waals surface area contributed by atoms with E-state index in [1.807, 2.05) is 18.2 Å². The fourth-order valence-electron chi connectivity index (χ4n) is 2.59. The maximum Gasteiger partial charge on any atom is 0.357 e. The number of aryl methyl sites for hydroxylation is 1. The van der Waals surface area contributed by atoms with Gasteiger partial charge >= 0.3 is 5.97 Å². The Morgan fingerprint density at radius 2 is 2.05 bits per heavy atom. The van der Waals surface area contributed by atoms with Crippen LogP contribution in [0.4, 0.5) is 5.82 Å². The van der Waals surface area contributed by atoms with Crippen molar-refractivity contribution < 1.29 is 9.53 Å². The van der Waals surface area contributed by atoms with Crippen molar-refractivity contribution in [3.8, 4) is 0 Å². The molecule has 0 fully saturated rings. The smallest absolute Gasteiger partial charge is 0.357 e. The molecule has 1 unspecified atom stereocenters. The molecule has 0 aliphatic heterocycles. The molecular weight excluding hydrogens is 252 g/mol. The van der Waals surface area contributed by atoms with Crippen molar-refractivity contribution in [2.45, 2.75) is 25.4 Å². The number of nitrogens with zero attached hydrogens (tertiary/aromatic N) is 1. The Labute approximate surface area is 117 Å². The normalized spacial score (nSPS) is 17.3. The molecule has 2 aromatic rings. The van der Waals surface area contributed by atoms with E-state index in [2.05, 4.69) is 11.1 Å². The molecule has 0 saturated carbocycles. The van der Waals surface area contributed by atoms with E-state index >= 15 is 0 Å². The number of nitrogens with two attached hydrogens (primary N) is 1. The lowest BCUT2D eigenvalue weighted by Gasteiger charge is -2.25. The Bertz CT molecular complexity index is 640. The molecule has 0 spiro atoms. The molecule has 0 bridgehead atoms. The van der Waals surface area contributed by atoms with E-state index in [0.29, 0.717) is 5.82 Å². The van der Waals surface area contributed by atoms with Crippen LogP contribution < -0.4 is 5.73 Å². The van der Waals surface area contributed by atoms with E-state index in [0.717, 1.165) is 24.8 Å². The lowest BCUT2D eigenvalue weighted by atomic mass is 9.89. The number of fused-ring (bicyclic) bond motifs is 1. The van der Waals surface area contributed by atoms with Crippen LogP contribution in [0.2, 0.25) is 0 Å². The van der Waals surface area contributed by atoms with Crippen molar-refractivity contribution in [1.29, 1.82) is 0 Å². The Morgan fingerprint density at radius 3 is 2.90 bits per heavy atom. The number of benzene rings is 1. The van der Waals surface area contributed by atoms with Crippen LogP contribution in [0.1, 0.15) is 40.6 Å². The highest BCUT2D eigenvalue weighted by Gasteiger charge is 2.24. The van der Waals surface area contributed by atoms with Gasteiger partial charge in [-0.05, 0) is 42.5 Å². The van der Waals surface area contributed by atoms with Gasteiger partial charge in [0.05, 0.1) is 0 Å². The summed E-state index contributed by atoms with van der Waals surface area (Å²) in [6, 6.07) is 13.1. The summed E-state index contributed by atoms with van der Waals surface area (Å²) in [7, 11) is 0. The van der Waals surface area contributed by atoms with Crippen molar-refractivity contribution in [3.63, 3.8) is 0 Å². The van der Waals surface area contributed by atoms with Crippen molar-refractivity contribution in [3.05, 3.63) is 59.3 Å². The molecule has 0 saturated heterocycles. The fourth-order valence-corrected chi connectivity index (χ4v) is 2.59. The predicted octanol–water partition coefficient (Wildman–Crippen LogP) is 2.90. The molecule has 4 nitrogen and oxygen atoms in total. The van der Waals surface area contributed by atoms with Gasteiger partial charge in [-0.1, -0.05) is 30.3 Å². The van der Waals surface area contributed by atoms with Gasteiger partial charge in [0.1, 0.15) is 11.9 Å². The molecular formula is C16H16N2O2. The minimum absolute atomic E-state index is 0.185. The second-order valence-corrected chi connectivity index (χ2v) is 4.93. The fraction of sp³-hybridized carbons (Fsp3) is 0.250. The van der Waals surface area contributed by atoms with Gasteiger partial charge in [0.25, 0.3) is 0 Å². The number of rotatable bonds is 2. The summed E-state index contributed by atoms with van der Waals surface area (Å²) in [5, 5.41) is 0. The number of carbonyl (C=O) groups excluding carboxylic acids is 1. The number of aromatic nitrogens is 1. The Kier molecular flexibility index (Phi) is 3.37. The van der Waals surface area contributed by atoms with Crippen LogP contribution in [-0.4, -0.2) is 11.0 Å². The van der Waals surface area contributed by atoms with Gasteiger partial charge in [0.2, 0.25) is 0 Å². The molecule has 2 N–H and O–H groups in total. The summed E-state index contributed by atoms with van der Waals surface area (Å²) in [5.74, 6) is -0.0949. The summed E-state index contributed by atoms with van der Waals surface area (Å²) < 4.78 is 5.60. The average Bonchev–Trinajstić information content (AvgIpc) is 2.47. The van der Waals surface area contributed by atoms with Gasteiger partial charge in [-0.3, -0.25) is 0 Å². The molecule has 1 heterocycles. The van der Waals surface area contributed by atoms with Crippen molar-refractivity contribution in [1.82, 2.24) is 4.98 Å². The Morgan fingerprint density at radius 1 is 1.20 bits per heavy atom. The van der Waals surface area contributed by atoms with Crippen LogP contribution in [-0.2, 0) is 11.2 Å². The van der Waals surface area contributed by atoms with E-state index in [4.69, 9.17) is 10.5 Å². The van der Waals surface area contributed by atoms with Gasteiger partial charge in [-0.25, -0.2) is 9.78 Å². The maximum atomic E-state index is 12.1. The highest BCUT2D eigenvalue weighted by atomic mass is 16.5. The number of pyridine rings is 1. The van der Waals surface area contributed by atoms with Crippen LogP contribution in [0.3, 0.4) is 0 Å². The standard InChI is InChI=1S/C16H16N2O2/c17-15-10-4-8-13(18-15)16(19)20-14-9-3-6-11-5-1-2-7-12(11)14/h1-2,4-5,7-8,10,14H,3,6,9H2,(H2,17,18). The average molecular weight is 268 g/mol. The van der Waals surface area contributed by atoms with Crippen molar-refractivity contribution in [2.75, 3.05) is 5.73 Å². The third kappa shape index (κ3) is 2.50. The van der Waals surface area contributed by atoms with E-state index in [1.54, 1.807) is 18.2 Å². The molecule has 1 aromatic heterocycles. The van der Waals surface area contributed by atoms with E-state index in [9.17, 15) is 4.79 Å². The number of esters is 1. The van der Waals surface area contributed by atoms with Crippen LogP contribution in [0.5, 0.6) is 0 Å². The third-order valence-electron chi connectivity index (χ3n) is 3.54. The van der Waals surface area contributed by atoms with E-state index < -0.39 is 5.97 Å². The predicted molar refractivity (Wildman–Crippen MR) is 76.2 cm³/mol. The summed E-state index contributed by atoms with van der Waals surface area (Å²) in [5.41, 5.74) is 8.21. The Balaban J connectivity index is 1.81. The lowest BCUT2D eigenvalue weighted by Crippen LogP contribution is -2.17. The summed E-state index contributed by atoms with van der Waals surface area (Å²) in [6.07, 6.45) is 2.74. The first kappa shape index (κ1) is 12.7. The van der Waals surface area contributed by atoms with Crippen LogP contribution in [0, 0.1) is 0 Å². The highest BCUT2D eigenvalue weighted by molar-refractivity contribution is 5.87. The van der Waals surface area contributed by atoms with Crippen LogP contribution >= 0.6 is 0 Å². The molecule has 4 heteroatoms. The van der Waals surface area contributed by atoms with Crippen molar-refractivity contribution >= 4 is 11.8 Å². The van der Waals surface area contributed by atoms with Gasteiger partial charge in [-0.15, -0.1) is 0 Å². The van der Waals surface area contributed by atoms with Crippen LogP contribution in [0.25, 0.3) is 0 Å². The number of carbonyl (C=O) groups is 1. The zero-order valence-electron chi connectivity index (χ0n) is 11.1. The van der Waals surface area contributed by atoms with Gasteiger partial charge < -0.3 is 10.5 Å². The highest BCUT2D eigenvalue weighted by Crippen LogP contribution is 2.32. The molecule has 1 aromatic carbocycles. The topological polar surface area (TPSA) is 65.2 Å². The summed E-state index contributed by atoms with van der Waals surface area (Å²) in [6.45, 7) is 0. The number of hydrogen-bond acceptors (Lipinski definition) is 4. The first-order chi connectivity index (χ1) is 9.74. The third-order valence-corrected chi connectivity index (χ3v) is 3.54. The lowest BCUT2D eigenvalue weighted by molar-refractivity contribution is 0.0250. The number of ether oxygens (including phenoxy) is 1. The molecule has 1 aliphatic rings. The largest absolute Gasteiger partial charge is 0.453 e. The molecule has 1 aliphatic carbocycles. The first-order valence-corrected chi connectivity index (χ1v) is 6.75. The van der Waals surface area contributed by atoms with Gasteiger partial charge in [0, 0.05) is 0 Å². The van der Waals surface area contributed by atoms with Gasteiger partial charge in [0.15, 0.2) is 5.69 Å². The monoisotopic (exact) mass is 268 g/mol. The van der Waals surface area contributed by atoms with Gasteiger partial charge in [-0.2, -0.15) is 0 Å². The summed E-state index contributed by atoms with van der Waals surface area (Å²) in [4.78, 5) is 16.1. The maximum absolute atomic E-state index is 12.1. The minimum atomic E-state index is -0.418. The second kappa shape index (κ2) is 5.33. The number of nitrogen functional groups attached to an aromatic ring is 1. The number of anilines is 1. The molecule has 102 valence electrons. The van der Waals surface area contributed by atoms with Crippen LogP contribution in [0.15, 0.2) is 42.5 Å². The first-order valence-electron chi connectivity index (χ1n) is 6.75. The molecule has 0 amide bonds. The van der Waals surface area contributed by atoms with E-state index in [-0.39, 0.29) is 11.8 Å². The summed E-state index contributed by atoms with van der Waals surface area (Å²) >= 11 is 0. The SMILES string of the molecule is Nc1cccc(C(=O)OC2CCCc3ccccc32)n1. The minimum Gasteiger partial charge on any atom is -0.453 e. The van der Waals surface area contributed by atoms with E-state index in [1.165, 1.54) is 5.56 Å². The Hall–Kier alpha value is -2.36. The quantitative estimate of drug-likeness (QED) is 0.850. The second-order valence-electron chi connectivity index (χ2n) is 4.93. The molecule has 1 atom stereocenters. The molecule has 0 radical (unpaired) electrons. The molecule has 20 heavy (non-hydrogen) atoms. The number of hydrogen-bond donors (Lipinski definition) is 1. The molecule has 3 rings (SSSR count).